The van der Waals surface area contributed by atoms with Gasteiger partial charge in [0.1, 0.15) is 12.3 Å². The molecule has 142 valence electrons. The number of phenolic OH excluding ortho intramolecular Hbond substituents is 1. The molecule has 0 fully saturated rings. The minimum absolute atomic E-state index is 0.0451. The molecule has 3 aromatic rings. The van der Waals surface area contributed by atoms with Gasteiger partial charge in [0, 0.05) is 22.2 Å². The summed E-state index contributed by atoms with van der Waals surface area (Å²) in [6, 6.07) is 6.55. The zero-order valence-electron chi connectivity index (χ0n) is 14.1. The third-order valence-electron chi connectivity index (χ3n) is 4.17. The lowest BCUT2D eigenvalue weighted by molar-refractivity contribution is -0.118. The van der Waals surface area contributed by atoms with Gasteiger partial charge in [-0.15, -0.1) is 11.3 Å². The van der Waals surface area contributed by atoms with Crippen LogP contribution < -0.4 is 10.6 Å². The monoisotopic (exact) mass is 434 g/mol. The summed E-state index contributed by atoms with van der Waals surface area (Å²) in [6.07, 6.45) is 0.412. The largest absolute Gasteiger partial charge is 0.506 e. The highest BCUT2D eigenvalue weighted by atomic mass is 35.5. The van der Waals surface area contributed by atoms with Crippen LogP contribution in [0.4, 0.5) is 5.69 Å². The van der Waals surface area contributed by atoms with Crippen LogP contribution in [0.5, 0.6) is 5.75 Å². The number of amides is 2. The number of rotatable bonds is 4. The van der Waals surface area contributed by atoms with Crippen LogP contribution in [0.2, 0.25) is 10.0 Å². The molecule has 0 saturated carbocycles. The molecule has 1 aliphatic rings. The number of aromatic hydroxyl groups is 1. The Kier molecular flexibility index (Phi) is 4.92. The highest BCUT2D eigenvalue weighted by Gasteiger charge is 2.21. The van der Waals surface area contributed by atoms with Gasteiger partial charge in [0.15, 0.2) is 5.84 Å². The van der Waals surface area contributed by atoms with Crippen LogP contribution in [0.1, 0.15) is 11.1 Å². The Morgan fingerprint density at radius 1 is 1.29 bits per heavy atom. The average Bonchev–Trinajstić information content (AvgIpc) is 3.29. The van der Waals surface area contributed by atoms with E-state index in [0.29, 0.717) is 37.9 Å². The summed E-state index contributed by atoms with van der Waals surface area (Å²) in [4.78, 5) is 31.4. The van der Waals surface area contributed by atoms with E-state index in [1.54, 1.807) is 29.8 Å². The number of halogens is 2. The molecule has 4 rings (SSSR count). The van der Waals surface area contributed by atoms with Crippen LogP contribution in [0.25, 0.3) is 10.2 Å². The number of benzene rings is 2. The molecule has 2 amide bonds. The number of aliphatic imine (C=N–C) groups is 1. The smallest absolute Gasteiger partial charge is 0.291 e. The molecule has 0 radical (unpaired) electrons. The fraction of sp³-hybridized carbons (Fsp3) is 0.111. The molecular weight excluding hydrogens is 423 g/mol. The van der Waals surface area contributed by atoms with E-state index in [1.165, 1.54) is 11.3 Å². The summed E-state index contributed by atoms with van der Waals surface area (Å²) >= 11 is 14.2. The van der Waals surface area contributed by atoms with E-state index in [9.17, 15) is 14.7 Å². The van der Waals surface area contributed by atoms with Crippen molar-refractivity contribution in [1.29, 1.82) is 0 Å². The van der Waals surface area contributed by atoms with E-state index in [0.717, 1.165) is 5.56 Å². The molecule has 2 aromatic carbocycles. The molecule has 10 heteroatoms. The molecule has 0 bridgehead atoms. The molecule has 0 atom stereocenters. The molecule has 2 heterocycles. The summed E-state index contributed by atoms with van der Waals surface area (Å²) in [6.45, 7) is -0.0685. The molecule has 7 nitrogen and oxygen atoms in total. The maximum absolute atomic E-state index is 12.1. The van der Waals surface area contributed by atoms with E-state index < -0.39 is 5.91 Å². The number of nitrogens with one attached hydrogen (secondary N) is 2. The van der Waals surface area contributed by atoms with Gasteiger partial charge in [-0.3, -0.25) is 14.6 Å². The van der Waals surface area contributed by atoms with Crippen LogP contribution in [-0.2, 0) is 16.0 Å². The molecule has 28 heavy (non-hydrogen) atoms. The van der Waals surface area contributed by atoms with Gasteiger partial charge in [0.05, 0.1) is 15.7 Å². The predicted octanol–water partition coefficient (Wildman–Crippen LogP) is 3.37. The Balaban J connectivity index is 1.59. The van der Waals surface area contributed by atoms with Crippen LogP contribution >= 0.6 is 34.5 Å². The molecule has 0 unspecified atom stereocenters. The van der Waals surface area contributed by atoms with Crippen LogP contribution in [-0.4, -0.2) is 34.3 Å². The van der Waals surface area contributed by atoms with Gasteiger partial charge < -0.3 is 15.7 Å². The molecule has 0 spiro atoms. The molecule has 1 aliphatic heterocycles. The standard InChI is InChI=1S/C18H12Cl2N4O3S/c19-11-4-9(23-18(27)17-21-6-14(26)24-17)5-12(20)10(11)3-8-1-2-13(25)16-15(8)22-7-28-16/h1-2,4-5,7,25H,3,6H2,(H,23,27)(H,21,24,26). The lowest BCUT2D eigenvalue weighted by Gasteiger charge is -2.12. The van der Waals surface area contributed by atoms with Crippen molar-refractivity contribution in [2.45, 2.75) is 6.42 Å². The first-order chi connectivity index (χ1) is 13.4. The number of carbonyl (C=O) groups is 2. The maximum Gasteiger partial charge on any atom is 0.291 e. The number of hydrogen-bond acceptors (Lipinski definition) is 6. The fourth-order valence-corrected chi connectivity index (χ4v) is 4.22. The number of carbonyl (C=O) groups excluding carboxylic acids is 2. The van der Waals surface area contributed by atoms with E-state index in [4.69, 9.17) is 23.2 Å². The first kappa shape index (κ1) is 18.7. The van der Waals surface area contributed by atoms with E-state index >= 15 is 0 Å². The van der Waals surface area contributed by atoms with Crippen molar-refractivity contribution in [3.05, 3.63) is 50.9 Å². The zero-order valence-corrected chi connectivity index (χ0v) is 16.5. The number of amidine groups is 1. The highest BCUT2D eigenvalue weighted by Crippen LogP contribution is 2.35. The first-order valence-corrected chi connectivity index (χ1v) is 9.73. The minimum Gasteiger partial charge on any atom is -0.506 e. The van der Waals surface area contributed by atoms with Crippen molar-refractivity contribution in [2.24, 2.45) is 4.99 Å². The number of thiazole rings is 1. The summed E-state index contributed by atoms with van der Waals surface area (Å²) in [5, 5.41) is 15.7. The summed E-state index contributed by atoms with van der Waals surface area (Å²) < 4.78 is 0.702. The summed E-state index contributed by atoms with van der Waals surface area (Å²) in [5.74, 6) is -0.748. The number of nitrogens with zero attached hydrogens (tertiary/aromatic N) is 2. The Bertz CT molecular complexity index is 1140. The van der Waals surface area contributed by atoms with Gasteiger partial charge in [0.2, 0.25) is 5.91 Å². The Morgan fingerprint density at radius 3 is 2.71 bits per heavy atom. The second kappa shape index (κ2) is 7.38. The minimum atomic E-state index is -0.548. The second-order valence-electron chi connectivity index (χ2n) is 6.04. The summed E-state index contributed by atoms with van der Waals surface area (Å²) in [5.41, 5.74) is 4.30. The Hall–Kier alpha value is -2.68. The van der Waals surface area contributed by atoms with Crippen molar-refractivity contribution < 1.29 is 14.7 Å². The van der Waals surface area contributed by atoms with Crippen LogP contribution in [0, 0.1) is 0 Å². The maximum atomic E-state index is 12.1. The zero-order chi connectivity index (χ0) is 19.8. The van der Waals surface area contributed by atoms with Gasteiger partial charge >= 0.3 is 0 Å². The fourth-order valence-electron chi connectivity index (χ4n) is 2.85. The molecule has 0 saturated heterocycles. The number of hydrogen-bond donors (Lipinski definition) is 3. The lowest BCUT2D eigenvalue weighted by Crippen LogP contribution is -2.34. The third kappa shape index (κ3) is 3.54. The normalized spacial score (nSPS) is 13.5. The van der Waals surface area contributed by atoms with Gasteiger partial charge in [-0.1, -0.05) is 29.3 Å². The molecule has 0 aliphatic carbocycles. The second-order valence-corrected chi connectivity index (χ2v) is 7.71. The summed E-state index contributed by atoms with van der Waals surface area (Å²) in [7, 11) is 0. The van der Waals surface area contributed by atoms with Crippen LogP contribution in [0.15, 0.2) is 34.8 Å². The number of fused-ring (bicyclic) bond motifs is 1. The average molecular weight is 435 g/mol. The SMILES string of the molecule is O=C1CN=C(C(=O)Nc2cc(Cl)c(Cc3ccc(O)c4scnc34)c(Cl)c2)N1. The Morgan fingerprint density at radius 2 is 2.04 bits per heavy atom. The van der Waals surface area contributed by atoms with E-state index in [2.05, 4.69) is 20.6 Å². The quantitative estimate of drug-likeness (QED) is 0.585. The molecular formula is C18H12Cl2N4O3S. The first-order valence-electron chi connectivity index (χ1n) is 8.10. The van der Waals surface area contributed by atoms with E-state index in [-0.39, 0.29) is 24.0 Å². The van der Waals surface area contributed by atoms with Gasteiger partial charge in [-0.05, 0) is 29.3 Å². The van der Waals surface area contributed by atoms with Gasteiger partial charge in [-0.25, -0.2) is 4.98 Å². The van der Waals surface area contributed by atoms with Crippen molar-refractivity contribution in [1.82, 2.24) is 10.3 Å². The van der Waals surface area contributed by atoms with E-state index in [1.807, 2.05) is 0 Å². The van der Waals surface area contributed by atoms with Gasteiger partial charge in [-0.2, -0.15) is 0 Å². The van der Waals surface area contributed by atoms with Crippen LogP contribution in [0.3, 0.4) is 0 Å². The predicted molar refractivity (Wildman–Crippen MR) is 110 cm³/mol. The highest BCUT2D eigenvalue weighted by molar-refractivity contribution is 7.17. The Labute approximate surface area is 173 Å². The van der Waals surface area contributed by atoms with Crippen molar-refractivity contribution in [3.63, 3.8) is 0 Å². The van der Waals surface area contributed by atoms with Crippen molar-refractivity contribution >= 4 is 68.1 Å². The van der Waals surface area contributed by atoms with Crippen molar-refractivity contribution in [3.8, 4) is 5.75 Å². The lowest BCUT2D eigenvalue weighted by atomic mass is 10.0. The molecule has 3 N–H and O–H groups in total. The van der Waals surface area contributed by atoms with Crippen molar-refractivity contribution in [2.75, 3.05) is 11.9 Å². The van der Waals surface area contributed by atoms with Gasteiger partial charge in [0.25, 0.3) is 5.91 Å². The number of aromatic nitrogens is 1. The number of anilines is 1. The topological polar surface area (TPSA) is 104 Å². The number of phenols is 1. The molecule has 1 aromatic heterocycles. The third-order valence-corrected chi connectivity index (χ3v) is 5.69.